The summed E-state index contributed by atoms with van der Waals surface area (Å²) in [6.45, 7) is 11.2. The molecule has 0 spiro atoms. The van der Waals surface area contributed by atoms with Crippen molar-refractivity contribution in [2.75, 3.05) is 0 Å². The van der Waals surface area contributed by atoms with Crippen molar-refractivity contribution >= 4 is 23.9 Å². The number of ether oxygens (including phenoxy) is 4. The lowest BCUT2D eigenvalue weighted by molar-refractivity contribution is -0.164. The number of hydrogen-bond donors (Lipinski definition) is 1. The fourth-order valence-corrected chi connectivity index (χ4v) is 2.36. The van der Waals surface area contributed by atoms with Gasteiger partial charge in [-0.1, -0.05) is 33.8 Å². The van der Waals surface area contributed by atoms with Crippen LogP contribution in [0.1, 0.15) is 54.0 Å². The Kier molecular flexibility index (Phi) is 10.3. The number of carbonyl (C=O) groups excluding carboxylic acids is 4. The van der Waals surface area contributed by atoms with Crippen molar-refractivity contribution in [1.82, 2.24) is 0 Å². The molecule has 178 valence electrons. The molecule has 0 fully saturated rings. The van der Waals surface area contributed by atoms with Crippen LogP contribution in [0.2, 0.25) is 0 Å². The minimum absolute atomic E-state index is 0.0626. The Hall–Kier alpha value is -2.94. The molecule has 0 aliphatic carbocycles. The zero-order valence-corrected chi connectivity index (χ0v) is 19.7. The number of benzene rings is 1. The minimum atomic E-state index is -1.01. The van der Waals surface area contributed by atoms with Crippen molar-refractivity contribution < 1.29 is 38.1 Å². The Morgan fingerprint density at radius 2 is 1.28 bits per heavy atom. The van der Waals surface area contributed by atoms with Crippen molar-refractivity contribution in [3.8, 4) is 11.5 Å². The maximum absolute atomic E-state index is 12.3. The Morgan fingerprint density at radius 1 is 0.781 bits per heavy atom. The van der Waals surface area contributed by atoms with Crippen LogP contribution in [0.15, 0.2) is 18.2 Å². The van der Waals surface area contributed by atoms with Gasteiger partial charge in [0.05, 0.1) is 11.8 Å². The predicted molar refractivity (Wildman–Crippen MR) is 116 cm³/mol. The third kappa shape index (κ3) is 8.66. The molecular weight excluding hydrogens is 418 g/mol. The molecule has 3 atom stereocenters. The van der Waals surface area contributed by atoms with Crippen molar-refractivity contribution in [2.45, 2.75) is 73.1 Å². The van der Waals surface area contributed by atoms with Gasteiger partial charge in [-0.25, -0.2) is 0 Å². The quantitative estimate of drug-likeness (QED) is 0.421. The van der Waals surface area contributed by atoms with Crippen LogP contribution in [-0.2, 0) is 35.1 Å². The molecule has 9 heteroatoms. The van der Waals surface area contributed by atoms with Crippen LogP contribution in [0.3, 0.4) is 0 Å². The zero-order valence-electron chi connectivity index (χ0n) is 19.7. The first-order valence-electron chi connectivity index (χ1n) is 10.5. The number of esters is 4. The van der Waals surface area contributed by atoms with Gasteiger partial charge in [0.1, 0.15) is 18.2 Å². The van der Waals surface area contributed by atoms with E-state index in [0.29, 0.717) is 5.56 Å². The van der Waals surface area contributed by atoms with Gasteiger partial charge in [-0.2, -0.15) is 0 Å². The van der Waals surface area contributed by atoms with Crippen LogP contribution in [0.25, 0.3) is 0 Å². The second-order valence-electron chi connectivity index (χ2n) is 8.20. The highest BCUT2D eigenvalue weighted by molar-refractivity contribution is 5.78. The number of hydrogen-bond acceptors (Lipinski definition) is 9. The molecule has 0 aliphatic rings. The van der Waals surface area contributed by atoms with Crippen LogP contribution in [0.4, 0.5) is 0 Å². The first kappa shape index (κ1) is 27.1. The van der Waals surface area contributed by atoms with E-state index in [4.69, 9.17) is 24.7 Å². The van der Waals surface area contributed by atoms with E-state index in [9.17, 15) is 19.2 Å². The van der Waals surface area contributed by atoms with Gasteiger partial charge in [0.15, 0.2) is 11.5 Å². The molecule has 1 rings (SSSR count). The topological polar surface area (TPSA) is 131 Å². The van der Waals surface area contributed by atoms with E-state index in [1.54, 1.807) is 47.6 Å². The Labute approximate surface area is 188 Å². The Bertz CT molecular complexity index is 833. The van der Waals surface area contributed by atoms with E-state index in [-0.39, 0.29) is 23.8 Å². The molecule has 0 aromatic heterocycles. The fourth-order valence-electron chi connectivity index (χ4n) is 2.36. The Balaban J connectivity index is 2.96. The SMILES string of the molecule is CC(=O)O[C@@H](C)[C@H](C)OC(=O)[C@@H](N)Cc1ccc(OC(=O)C(C)C)c(OC(=O)C(C)C)c1. The highest BCUT2D eigenvalue weighted by Crippen LogP contribution is 2.30. The average molecular weight is 452 g/mol. The summed E-state index contributed by atoms with van der Waals surface area (Å²) in [4.78, 5) is 47.5. The number of carbonyl (C=O) groups is 4. The minimum Gasteiger partial charge on any atom is -0.459 e. The van der Waals surface area contributed by atoms with Crippen molar-refractivity contribution in [3.05, 3.63) is 23.8 Å². The van der Waals surface area contributed by atoms with Gasteiger partial charge in [0, 0.05) is 6.92 Å². The molecule has 0 bridgehead atoms. The summed E-state index contributed by atoms with van der Waals surface area (Å²) in [6.07, 6.45) is -1.23. The van der Waals surface area contributed by atoms with Gasteiger partial charge in [-0.15, -0.1) is 0 Å². The van der Waals surface area contributed by atoms with Gasteiger partial charge in [0.25, 0.3) is 0 Å². The van der Waals surface area contributed by atoms with Crippen molar-refractivity contribution in [3.63, 3.8) is 0 Å². The lowest BCUT2D eigenvalue weighted by Gasteiger charge is -2.22. The van der Waals surface area contributed by atoms with Crippen molar-refractivity contribution in [1.29, 1.82) is 0 Å². The summed E-state index contributed by atoms with van der Waals surface area (Å²) in [5.74, 6) is -2.74. The third-order valence-corrected chi connectivity index (χ3v) is 4.45. The molecule has 0 unspecified atom stereocenters. The number of rotatable bonds is 10. The van der Waals surface area contributed by atoms with Gasteiger partial charge in [-0.3, -0.25) is 19.2 Å². The van der Waals surface area contributed by atoms with E-state index in [1.165, 1.54) is 19.1 Å². The molecule has 0 heterocycles. The maximum atomic E-state index is 12.3. The summed E-state index contributed by atoms with van der Waals surface area (Å²) < 4.78 is 21.0. The summed E-state index contributed by atoms with van der Waals surface area (Å²) in [7, 11) is 0. The summed E-state index contributed by atoms with van der Waals surface area (Å²) in [5.41, 5.74) is 6.56. The van der Waals surface area contributed by atoms with Crippen LogP contribution >= 0.6 is 0 Å². The molecule has 0 amide bonds. The molecule has 2 N–H and O–H groups in total. The van der Waals surface area contributed by atoms with Crippen LogP contribution in [0, 0.1) is 11.8 Å². The van der Waals surface area contributed by atoms with Crippen LogP contribution in [0.5, 0.6) is 11.5 Å². The fraction of sp³-hybridized carbons (Fsp3) is 0.565. The van der Waals surface area contributed by atoms with Gasteiger partial charge in [-0.05, 0) is 38.0 Å². The van der Waals surface area contributed by atoms with Crippen LogP contribution in [-0.4, -0.2) is 42.1 Å². The predicted octanol–water partition coefficient (Wildman–Crippen LogP) is 2.56. The first-order chi connectivity index (χ1) is 14.8. The van der Waals surface area contributed by atoms with Crippen molar-refractivity contribution in [2.24, 2.45) is 17.6 Å². The summed E-state index contributed by atoms with van der Waals surface area (Å²) in [6, 6.07) is 3.59. The largest absolute Gasteiger partial charge is 0.459 e. The highest BCUT2D eigenvalue weighted by Gasteiger charge is 2.24. The lowest BCUT2D eigenvalue weighted by atomic mass is 10.1. The maximum Gasteiger partial charge on any atom is 0.323 e. The molecule has 0 radical (unpaired) electrons. The van der Waals surface area contributed by atoms with E-state index < -0.39 is 48.0 Å². The van der Waals surface area contributed by atoms with Gasteiger partial charge >= 0.3 is 23.9 Å². The third-order valence-electron chi connectivity index (χ3n) is 4.45. The average Bonchev–Trinajstić information content (AvgIpc) is 2.68. The second kappa shape index (κ2) is 12.2. The molecule has 9 nitrogen and oxygen atoms in total. The number of nitrogens with two attached hydrogens (primary N) is 1. The Morgan fingerprint density at radius 3 is 1.78 bits per heavy atom. The van der Waals surface area contributed by atoms with E-state index in [1.807, 2.05) is 0 Å². The highest BCUT2D eigenvalue weighted by atomic mass is 16.6. The van der Waals surface area contributed by atoms with E-state index >= 15 is 0 Å². The first-order valence-corrected chi connectivity index (χ1v) is 10.5. The summed E-state index contributed by atoms with van der Waals surface area (Å²) in [5, 5.41) is 0. The molecule has 0 saturated heterocycles. The van der Waals surface area contributed by atoms with E-state index in [0.717, 1.165) is 0 Å². The molecule has 32 heavy (non-hydrogen) atoms. The molecule has 0 aliphatic heterocycles. The summed E-state index contributed by atoms with van der Waals surface area (Å²) >= 11 is 0. The standard InChI is InChI=1S/C23H33NO8/c1-12(2)21(26)31-19-9-8-17(11-20(19)32-22(27)13(3)4)10-18(24)23(28)30-15(6)14(5)29-16(7)25/h8-9,11-15,18H,10,24H2,1-7H3/t14-,15-,18-/m0/s1. The van der Waals surface area contributed by atoms with Gasteiger partial charge in [0.2, 0.25) is 0 Å². The second-order valence-corrected chi connectivity index (χ2v) is 8.20. The normalized spacial score (nSPS) is 13.8. The molecule has 0 saturated carbocycles. The van der Waals surface area contributed by atoms with Crippen LogP contribution < -0.4 is 15.2 Å². The zero-order chi connectivity index (χ0) is 24.6. The monoisotopic (exact) mass is 451 g/mol. The molecule has 1 aromatic rings. The molecular formula is C23H33NO8. The lowest BCUT2D eigenvalue weighted by Crippen LogP contribution is -2.39. The smallest absolute Gasteiger partial charge is 0.323 e. The van der Waals surface area contributed by atoms with E-state index in [2.05, 4.69) is 0 Å². The van der Waals surface area contributed by atoms with Gasteiger partial charge < -0.3 is 24.7 Å². The molecule has 1 aromatic carbocycles.